The van der Waals surface area contributed by atoms with Gasteiger partial charge in [0.05, 0.1) is 0 Å². The van der Waals surface area contributed by atoms with E-state index in [0.29, 0.717) is 5.41 Å². The molecule has 0 aliphatic heterocycles. The highest BCUT2D eigenvalue weighted by molar-refractivity contribution is 4.99. The standard InChI is InChI=1S/C15H29N/c1-5-16-14(6-7-15(2,3)4)13-9-11-8-12(11)10-13/h11-14,16H,5-10H2,1-4H3. The molecule has 3 unspecified atom stereocenters. The van der Waals surface area contributed by atoms with Crippen molar-refractivity contribution in [1.29, 1.82) is 0 Å². The maximum Gasteiger partial charge on any atom is 0.00956 e. The van der Waals surface area contributed by atoms with Crippen molar-refractivity contribution in [3.05, 3.63) is 0 Å². The van der Waals surface area contributed by atoms with Gasteiger partial charge in [0.1, 0.15) is 0 Å². The zero-order chi connectivity index (χ0) is 11.8. The second-order valence-corrected chi connectivity index (χ2v) is 7.25. The molecule has 0 radical (unpaired) electrons. The SMILES string of the molecule is CCNC(CCC(C)(C)C)C1CC2CC2C1. The Morgan fingerprint density at radius 3 is 2.25 bits per heavy atom. The van der Waals surface area contributed by atoms with E-state index in [9.17, 15) is 0 Å². The topological polar surface area (TPSA) is 12.0 Å². The van der Waals surface area contributed by atoms with Crippen LogP contribution in [-0.4, -0.2) is 12.6 Å². The summed E-state index contributed by atoms with van der Waals surface area (Å²) in [5.41, 5.74) is 0.495. The Hall–Kier alpha value is -0.0400. The highest BCUT2D eigenvalue weighted by Gasteiger charge is 2.47. The summed E-state index contributed by atoms with van der Waals surface area (Å²) in [6.45, 7) is 10.5. The third-order valence-corrected chi connectivity index (χ3v) is 4.52. The summed E-state index contributed by atoms with van der Waals surface area (Å²) in [6, 6.07) is 0.803. The van der Waals surface area contributed by atoms with Gasteiger partial charge < -0.3 is 5.32 Å². The van der Waals surface area contributed by atoms with E-state index < -0.39 is 0 Å². The molecule has 2 fully saturated rings. The second kappa shape index (κ2) is 4.68. The highest BCUT2D eigenvalue weighted by Crippen LogP contribution is 2.55. The third kappa shape index (κ3) is 3.23. The minimum atomic E-state index is 0.495. The van der Waals surface area contributed by atoms with Gasteiger partial charge in [-0.3, -0.25) is 0 Å². The van der Waals surface area contributed by atoms with Crippen LogP contribution in [0.3, 0.4) is 0 Å². The van der Waals surface area contributed by atoms with Crippen LogP contribution in [0.2, 0.25) is 0 Å². The van der Waals surface area contributed by atoms with Crippen molar-refractivity contribution in [2.45, 2.75) is 65.8 Å². The van der Waals surface area contributed by atoms with E-state index in [1.54, 1.807) is 6.42 Å². The first kappa shape index (κ1) is 12.4. The van der Waals surface area contributed by atoms with Crippen molar-refractivity contribution in [1.82, 2.24) is 5.32 Å². The molecule has 2 aliphatic carbocycles. The highest BCUT2D eigenvalue weighted by atomic mass is 14.9. The minimum Gasteiger partial charge on any atom is -0.314 e. The van der Waals surface area contributed by atoms with Gasteiger partial charge in [-0.1, -0.05) is 27.7 Å². The summed E-state index contributed by atoms with van der Waals surface area (Å²) in [6.07, 6.45) is 7.32. The lowest BCUT2D eigenvalue weighted by molar-refractivity contribution is 0.270. The van der Waals surface area contributed by atoms with E-state index in [0.717, 1.165) is 30.3 Å². The Labute approximate surface area is 101 Å². The molecule has 2 saturated carbocycles. The number of hydrogen-bond acceptors (Lipinski definition) is 1. The minimum absolute atomic E-state index is 0.495. The van der Waals surface area contributed by atoms with Crippen LogP contribution < -0.4 is 5.32 Å². The number of nitrogens with one attached hydrogen (secondary N) is 1. The number of hydrogen-bond donors (Lipinski definition) is 1. The molecular weight excluding hydrogens is 194 g/mol. The molecule has 0 amide bonds. The van der Waals surface area contributed by atoms with E-state index in [4.69, 9.17) is 0 Å². The Morgan fingerprint density at radius 2 is 1.75 bits per heavy atom. The molecule has 0 heterocycles. The molecule has 2 rings (SSSR count). The Balaban J connectivity index is 1.80. The molecule has 1 nitrogen and oxygen atoms in total. The maximum absolute atomic E-state index is 3.74. The van der Waals surface area contributed by atoms with E-state index >= 15 is 0 Å². The Bertz CT molecular complexity index is 218. The van der Waals surface area contributed by atoms with Gasteiger partial charge in [0, 0.05) is 6.04 Å². The summed E-state index contributed by atoms with van der Waals surface area (Å²) in [5, 5.41) is 3.74. The predicted octanol–water partition coefficient (Wildman–Crippen LogP) is 3.84. The molecule has 0 aromatic heterocycles. The largest absolute Gasteiger partial charge is 0.314 e. The van der Waals surface area contributed by atoms with Gasteiger partial charge in [0.2, 0.25) is 0 Å². The molecule has 0 aromatic carbocycles. The van der Waals surface area contributed by atoms with Gasteiger partial charge in [-0.2, -0.15) is 0 Å². The molecule has 1 N–H and O–H groups in total. The summed E-state index contributed by atoms with van der Waals surface area (Å²) in [5.74, 6) is 3.24. The molecular formula is C15H29N. The first-order valence-electron chi connectivity index (χ1n) is 7.23. The lowest BCUT2D eigenvalue weighted by Crippen LogP contribution is -2.36. The van der Waals surface area contributed by atoms with Crippen LogP contribution >= 0.6 is 0 Å². The first-order valence-corrected chi connectivity index (χ1v) is 7.23. The summed E-state index contributed by atoms with van der Waals surface area (Å²) < 4.78 is 0. The quantitative estimate of drug-likeness (QED) is 0.747. The molecule has 94 valence electrons. The fourth-order valence-electron chi connectivity index (χ4n) is 3.45. The second-order valence-electron chi connectivity index (χ2n) is 7.25. The summed E-state index contributed by atoms with van der Waals surface area (Å²) >= 11 is 0. The molecule has 2 aliphatic rings. The van der Waals surface area contributed by atoms with Crippen molar-refractivity contribution in [3.63, 3.8) is 0 Å². The van der Waals surface area contributed by atoms with Crippen LogP contribution in [0.1, 0.15) is 59.8 Å². The molecule has 0 saturated heterocycles. The van der Waals surface area contributed by atoms with Gasteiger partial charge in [-0.25, -0.2) is 0 Å². The predicted molar refractivity (Wildman–Crippen MR) is 70.5 cm³/mol. The fraction of sp³-hybridized carbons (Fsp3) is 1.00. The summed E-state index contributed by atoms with van der Waals surface area (Å²) in [7, 11) is 0. The van der Waals surface area contributed by atoms with Gasteiger partial charge >= 0.3 is 0 Å². The fourth-order valence-corrected chi connectivity index (χ4v) is 3.45. The van der Waals surface area contributed by atoms with Crippen LogP contribution in [-0.2, 0) is 0 Å². The third-order valence-electron chi connectivity index (χ3n) is 4.52. The Morgan fingerprint density at radius 1 is 1.12 bits per heavy atom. The van der Waals surface area contributed by atoms with Crippen LogP contribution in [0, 0.1) is 23.2 Å². The summed E-state index contributed by atoms with van der Waals surface area (Å²) in [4.78, 5) is 0. The molecule has 3 atom stereocenters. The monoisotopic (exact) mass is 223 g/mol. The van der Waals surface area contributed by atoms with Crippen molar-refractivity contribution in [3.8, 4) is 0 Å². The van der Waals surface area contributed by atoms with Crippen molar-refractivity contribution in [2.24, 2.45) is 23.2 Å². The van der Waals surface area contributed by atoms with Gasteiger partial charge in [0.25, 0.3) is 0 Å². The molecule has 0 bridgehead atoms. The van der Waals surface area contributed by atoms with Gasteiger partial charge in [-0.05, 0) is 61.8 Å². The number of rotatable bonds is 5. The van der Waals surface area contributed by atoms with E-state index in [1.165, 1.54) is 25.7 Å². The average Bonchev–Trinajstić information content (AvgIpc) is 2.79. The first-order chi connectivity index (χ1) is 7.49. The zero-order valence-electron chi connectivity index (χ0n) is 11.6. The number of fused-ring (bicyclic) bond motifs is 1. The van der Waals surface area contributed by atoms with E-state index in [-0.39, 0.29) is 0 Å². The lowest BCUT2D eigenvalue weighted by atomic mass is 9.84. The molecule has 0 aromatic rings. The van der Waals surface area contributed by atoms with Crippen LogP contribution in [0.4, 0.5) is 0 Å². The van der Waals surface area contributed by atoms with Gasteiger partial charge in [-0.15, -0.1) is 0 Å². The van der Waals surface area contributed by atoms with Crippen LogP contribution in [0.5, 0.6) is 0 Å². The van der Waals surface area contributed by atoms with Crippen molar-refractivity contribution < 1.29 is 0 Å². The smallest absolute Gasteiger partial charge is 0.00956 e. The Kier molecular flexibility index (Phi) is 3.63. The normalized spacial score (nSPS) is 34.9. The zero-order valence-corrected chi connectivity index (χ0v) is 11.6. The van der Waals surface area contributed by atoms with E-state index in [2.05, 4.69) is 33.0 Å². The average molecular weight is 223 g/mol. The van der Waals surface area contributed by atoms with Crippen molar-refractivity contribution in [2.75, 3.05) is 6.54 Å². The molecule has 16 heavy (non-hydrogen) atoms. The molecule has 0 spiro atoms. The maximum atomic E-state index is 3.74. The van der Waals surface area contributed by atoms with Crippen molar-refractivity contribution >= 4 is 0 Å². The van der Waals surface area contributed by atoms with Gasteiger partial charge in [0.15, 0.2) is 0 Å². The van der Waals surface area contributed by atoms with Crippen LogP contribution in [0.15, 0.2) is 0 Å². The molecule has 1 heteroatoms. The van der Waals surface area contributed by atoms with Crippen LogP contribution in [0.25, 0.3) is 0 Å². The van der Waals surface area contributed by atoms with E-state index in [1.807, 2.05) is 0 Å². The lowest BCUT2D eigenvalue weighted by Gasteiger charge is -2.29.